The number of hydrogen-bond donors (Lipinski definition) is 2. The van der Waals surface area contributed by atoms with Crippen molar-refractivity contribution in [1.82, 2.24) is 19.9 Å². The van der Waals surface area contributed by atoms with E-state index in [1.54, 1.807) is 4.57 Å². The molecule has 1 aliphatic heterocycles. The van der Waals surface area contributed by atoms with Crippen LogP contribution < -0.4 is 15.8 Å². The van der Waals surface area contributed by atoms with Gasteiger partial charge >= 0.3 is 0 Å². The van der Waals surface area contributed by atoms with Gasteiger partial charge in [0, 0.05) is 43.3 Å². The van der Waals surface area contributed by atoms with Crippen molar-refractivity contribution in [2.75, 3.05) is 24.5 Å². The number of carbonyl (C=O) groups is 1. The van der Waals surface area contributed by atoms with Crippen molar-refractivity contribution >= 4 is 33.7 Å². The number of aryl methyl sites for hydroxylation is 1. The average molecular weight is 444 g/mol. The van der Waals surface area contributed by atoms with Crippen molar-refractivity contribution < 1.29 is 4.79 Å². The molecule has 0 aliphatic carbocycles. The zero-order valence-electron chi connectivity index (χ0n) is 18.9. The molecule has 1 atom stereocenters. The van der Waals surface area contributed by atoms with Crippen molar-refractivity contribution in [1.29, 1.82) is 0 Å². The lowest BCUT2D eigenvalue weighted by molar-refractivity contribution is -0.125. The van der Waals surface area contributed by atoms with Crippen LogP contribution in [0.3, 0.4) is 0 Å². The fourth-order valence-corrected chi connectivity index (χ4v) is 4.89. The number of amides is 1. The molecule has 2 aromatic carbocycles. The van der Waals surface area contributed by atoms with E-state index in [0.29, 0.717) is 25.5 Å². The molecule has 0 unspecified atom stereocenters. The summed E-state index contributed by atoms with van der Waals surface area (Å²) in [5.41, 5.74) is 3.88. The second kappa shape index (κ2) is 9.10. The highest BCUT2D eigenvalue weighted by molar-refractivity contribution is 5.83. The topological polar surface area (TPSA) is 83.0 Å². The summed E-state index contributed by atoms with van der Waals surface area (Å²) in [6.45, 7) is 4.40. The Morgan fingerprint density at radius 2 is 2.00 bits per heavy atom. The van der Waals surface area contributed by atoms with Crippen LogP contribution in [-0.2, 0) is 17.8 Å². The molecule has 3 heterocycles. The van der Waals surface area contributed by atoms with Gasteiger partial charge in [0.2, 0.25) is 5.91 Å². The molecule has 5 rings (SSSR count). The standard InChI is InChI=1S/C26H29N5O2/c1-2-31-23-12-6-5-11-22(23)29-24(26(31)33)30-15-7-8-19(17-30)25(32)27-14-13-18-16-28-21-10-4-3-9-20(18)21/h3-6,9-12,16,19,28H,2,7-8,13-15,17H2,1H3,(H,27,32)/t19-/m0/s1. The van der Waals surface area contributed by atoms with Gasteiger partial charge in [0.1, 0.15) is 0 Å². The van der Waals surface area contributed by atoms with Gasteiger partial charge in [-0.05, 0) is 49.9 Å². The van der Waals surface area contributed by atoms with Crippen LogP contribution in [0.5, 0.6) is 0 Å². The Bertz CT molecular complexity index is 1360. The number of aromatic nitrogens is 3. The number of fused-ring (bicyclic) bond motifs is 2. The summed E-state index contributed by atoms with van der Waals surface area (Å²) in [7, 11) is 0. The molecule has 1 saturated heterocycles. The van der Waals surface area contributed by atoms with Crippen LogP contribution >= 0.6 is 0 Å². The molecule has 7 nitrogen and oxygen atoms in total. The molecule has 1 aliphatic rings. The zero-order chi connectivity index (χ0) is 22.8. The fourth-order valence-electron chi connectivity index (χ4n) is 4.89. The summed E-state index contributed by atoms with van der Waals surface area (Å²) in [6.07, 6.45) is 4.48. The van der Waals surface area contributed by atoms with Crippen LogP contribution in [0.15, 0.2) is 59.5 Å². The highest BCUT2D eigenvalue weighted by Gasteiger charge is 2.28. The second-order valence-electron chi connectivity index (χ2n) is 8.66. The first-order chi connectivity index (χ1) is 16.2. The van der Waals surface area contributed by atoms with Crippen molar-refractivity contribution in [2.24, 2.45) is 5.92 Å². The number of rotatable bonds is 6. The minimum atomic E-state index is -0.149. The van der Waals surface area contributed by atoms with Gasteiger partial charge in [-0.15, -0.1) is 0 Å². The molecule has 2 N–H and O–H groups in total. The molecular weight excluding hydrogens is 414 g/mol. The Balaban J connectivity index is 1.27. The van der Waals surface area contributed by atoms with Gasteiger partial charge in [0.15, 0.2) is 5.82 Å². The van der Waals surface area contributed by atoms with Gasteiger partial charge in [-0.1, -0.05) is 30.3 Å². The van der Waals surface area contributed by atoms with Crippen LogP contribution in [0.4, 0.5) is 5.82 Å². The maximum absolute atomic E-state index is 13.2. The van der Waals surface area contributed by atoms with Crippen LogP contribution in [0.1, 0.15) is 25.3 Å². The van der Waals surface area contributed by atoms with Crippen LogP contribution in [0, 0.1) is 5.92 Å². The fraction of sp³-hybridized carbons (Fsp3) is 0.346. The number of nitrogens with one attached hydrogen (secondary N) is 2. The lowest BCUT2D eigenvalue weighted by atomic mass is 9.97. The molecule has 170 valence electrons. The number of piperidine rings is 1. The van der Waals surface area contributed by atoms with Gasteiger partial charge < -0.3 is 19.8 Å². The Morgan fingerprint density at radius 1 is 1.18 bits per heavy atom. The van der Waals surface area contributed by atoms with E-state index < -0.39 is 0 Å². The third kappa shape index (κ3) is 4.11. The summed E-state index contributed by atoms with van der Waals surface area (Å²) in [6, 6.07) is 15.9. The summed E-state index contributed by atoms with van der Waals surface area (Å²) in [5.74, 6) is 0.354. The third-order valence-electron chi connectivity index (χ3n) is 6.61. The van der Waals surface area contributed by atoms with E-state index in [9.17, 15) is 9.59 Å². The Labute approximate surface area is 192 Å². The van der Waals surface area contributed by atoms with Crippen molar-refractivity contribution in [3.8, 4) is 0 Å². The van der Waals surface area contributed by atoms with Crippen LogP contribution in [0.2, 0.25) is 0 Å². The second-order valence-corrected chi connectivity index (χ2v) is 8.66. The number of anilines is 1. The first-order valence-electron chi connectivity index (χ1n) is 11.7. The molecule has 33 heavy (non-hydrogen) atoms. The van der Waals surface area contributed by atoms with Crippen LogP contribution in [-0.4, -0.2) is 40.1 Å². The van der Waals surface area contributed by atoms with Crippen molar-refractivity contribution in [3.63, 3.8) is 0 Å². The summed E-state index contributed by atoms with van der Waals surface area (Å²) >= 11 is 0. The van der Waals surface area contributed by atoms with Gasteiger partial charge in [-0.2, -0.15) is 0 Å². The number of aromatic amines is 1. The number of nitrogens with zero attached hydrogens (tertiary/aromatic N) is 3. The van der Waals surface area contributed by atoms with Gasteiger partial charge in [-0.3, -0.25) is 9.59 Å². The Morgan fingerprint density at radius 3 is 2.88 bits per heavy atom. The van der Waals surface area contributed by atoms with Gasteiger partial charge in [-0.25, -0.2) is 4.98 Å². The SMILES string of the molecule is CCn1c(=O)c(N2CCC[C@H](C(=O)NCCc3c[nH]c4ccccc34)C2)nc2ccccc21. The quantitative estimate of drug-likeness (QED) is 0.478. The first kappa shape index (κ1) is 21.2. The molecule has 1 amide bonds. The largest absolute Gasteiger partial charge is 0.361 e. The average Bonchev–Trinajstić information content (AvgIpc) is 3.27. The minimum absolute atomic E-state index is 0.0520. The van der Waals surface area contributed by atoms with Crippen molar-refractivity contribution in [3.05, 3.63) is 70.6 Å². The number of para-hydroxylation sites is 3. The summed E-state index contributed by atoms with van der Waals surface area (Å²) in [4.78, 5) is 36.1. The van der Waals surface area contributed by atoms with Crippen LogP contribution in [0.25, 0.3) is 21.9 Å². The maximum atomic E-state index is 13.2. The van der Waals surface area contributed by atoms with E-state index in [1.165, 1.54) is 10.9 Å². The molecule has 0 bridgehead atoms. The molecule has 7 heteroatoms. The number of hydrogen-bond acceptors (Lipinski definition) is 4. The molecule has 4 aromatic rings. The van der Waals surface area contributed by atoms with E-state index in [0.717, 1.165) is 42.4 Å². The molecule has 0 saturated carbocycles. The van der Waals surface area contributed by atoms with E-state index in [2.05, 4.69) is 27.4 Å². The lowest BCUT2D eigenvalue weighted by Gasteiger charge is -2.32. The monoisotopic (exact) mass is 443 g/mol. The molecular formula is C26H29N5O2. The minimum Gasteiger partial charge on any atom is -0.361 e. The van der Waals surface area contributed by atoms with Gasteiger partial charge in [0.05, 0.1) is 17.0 Å². The van der Waals surface area contributed by atoms with E-state index in [-0.39, 0.29) is 17.4 Å². The lowest BCUT2D eigenvalue weighted by Crippen LogP contribution is -2.46. The highest BCUT2D eigenvalue weighted by Crippen LogP contribution is 2.22. The Kier molecular flexibility index (Phi) is 5.86. The first-order valence-corrected chi connectivity index (χ1v) is 11.7. The van der Waals surface area contributed by atoms with Crippen molar-refractivity contribution in [2.45, 2.75) is 32.7 Å². The smallest absolute Gasteiger partial charge is 0.293 e. The van der Waals surface area contributed by atoms with Gasteiger partial charge in [0.25, 0.3) is 5.56 Å². The number of carbonyl (C=O) groups excluding carboxylic acids is 1. The maximum Gasteiger partial charge on any atom is 0.293 e. The summed E-state index contributed by atoms with van der Waals surface area (Å²) < 4.78 is 1.77. The summed E-state index contributed by atoms with van der Waals surface area (Å²) in [5, 5.41) is 4.31. The molecule has 0 spiro atoms. The molecule has 2 aromatic heterocycles. The molecule has 0 radical (unpaired) electrons. The van der Waals surface area contributed by atoms with E-state index in [1.807, 2.05) is 54.4 Å². The normalized spacial score (nSPS) is 16.4. The highest BCUT2D eigenvalue weighted by atomic mass is 16.2. The predicted octanol–water partition coefficient (Wildman–Crippen LogP) is 3.47. The van der Waals surface area contributed by atoms with E-state index >= 15 is 0 Å². The number of H-pyrrole nitrogens is 1. The number of benzene rings is 2. The zero-order valence-corrected chi connectivity index (χ0v) is 18.9. The van der Waals surface area contributed by atoms with E-state index in [4.69, 9.17) is 0 Å². The predicted molar refractivity (Wildman–Crippen MR) is 132 cm³/mol. The molecule has 1 fully saturated rings. The third-order valence-corrected chi connectivity index (χ3v) is 6.61. The Hall–Kier alpha value is -3.61.